The Bertz CT molecular complexity index is 706. The molecule has 2 heterocycles. The van der Waals surface area contributed by atoms with Gasteiger partial charge in [0, 0.05) is 25.2 Å². The van der Waals surface area contributed by atoms with Gasteiger partial charge < -0.3 is 25.7 Å². The summed E-state index contributed by atoms with van der Waals surface area (Å²) in [5.41, 5.74) is 1.91. The lowest BCUT2D eigenvalue weighted by atomic mass is 9.74. The predicted molar refractivity (Wildman–Crippen MR) is 115 cm³/mol. The van der Waals surface area contributed by atoms with Crippen molar-refractivity contribution in [2.75, 3.05) is 19.6 Å². The van der Waals surface area contributed by atoms with E-state index in [2.05, 4.69) is 47.5 Å². The first-order valence-electron chi connectivity index (χ1n) is 10.4. The maximum atomic E-state index is 9.64. The number of nitrogens with zero attached hydrogens (tertiary/aromatic N) is 1. The maximum Gasteiger partial charge on any atom is 0.303 e. The quantitative estimate of drug-likeness (QED) is 0.392. The highest BCUT2D eigenvalue weighted by Gasteiger charge is 2.51. The van der Waals surface area contributed by atoms with Crippen LogP contribution in [0.4, 0.5) is 0 Å². The molecule has 0 unspecified atom stereocenters. The Morgan fingerprint density at radius 1 is 0.906 bits per heavy atom. The van der Waals surface area contributed by atoms with Crippen LogP contribution < -0.4 is 5.32 Å². The van der Waals surface area contributed by atoms with Crippen molar-refractivity contribution >= 4 is 23.9 Å². The van der Waals surface area contributed by atoms with Crippen molar-refractivity contribution in [2.24, 2.45) is 5.92 Å². The number of carboxylic acid groups (broad SMARTS) is 4. The molecule has 5 N–H and O–H groups in total. The van der Waals surface area contributed by atoms with Gasteiger partial charge in [0.1, 0.15) is 0 Å². The second kappa shape index (κ2) is 13.4. The van der Waals surface area contributed by atoms with Crippen molar-refractivity contribution in [3.63, 3.8) is 0 Å². The van der Waals surface area contributed by atoms with Crippen molar-refractivity contribution in [3.8, 4) is 0 Å². The van der Waals surface area contributed by atoms with E-state index in [1.807, 2.05) is 0 Å². The SMILES string of the molecule is C[C@H]1CN(Cc2ccccc2)[C@]12CCNC2.O=C(O)CCC(=O)O.O=C(O)CCC(=O)O. The summed E-state index contributed by atoms with van der Waals surface area (Å²) in [6, 6.07) is 10.8. The second-order valence-electron chi connectivity index (χ2n) is 7.87. The van der Waals surface area contributed by atoms with Crippen LogP contribution in [0.25, 0.3) is 0 Å². The van der Waals surface area contributed by atoms with Gasteiger partial charge in [0.25, 0.3) is 0 Å². The Labute approximate surface area is 186 Å². The summed E-state index contributed by atoms with van der Waals surface area (Å²) in [5.74, 6) is -3.45. The van der Waals surface area contributed by atoms with Crippen LogP contribution >= 0.6 is 0 Å². The molecule has 0 aliphatic carbocycles. The molecule has 2 aliphatic heterocycles. The van der Waals surface area contributed by atoms with Crippen LogP contribution in [-0.4, -0.2) is 74.4 Å². The van der Waals surface area contributed by atoms with Gasteiger partial charge in [-0.25, -0.2) is 0 Å². The van der Waals surface area contributed by atoms with Crippen molar-refractivity contribution in [2.45, 2.75) is 51.1 Å². The van der Waals surface area contributed by atoms with E-state index >= 15 is 0 Å². The van der Waals surface area contributed by atoms with Gasteiger partial charge >= 0.3 is 23.9 Å². The standard InChI is InChI=1S/C14H20N2.2C4H6O4/c1-12-9-16(14(12)7-8-15-11-14)10-13-5-3-2-4-6-13;2*5-3(6)1-2-4(7)8/h2-6,12,15H,7-11H2,1H3;2*1-2H2,(H,5,6)(H,7,8)/t12-,14-;;/m0../s1. The van der Waals surface area contributed by atoms with E-state index in [4.69, 9.17) is 20.4 Å². The Morgan fingerprint density at radius 2 is 1.38 bits per heavy atom. The molecule has 0 amide bonds. The molecule has 2 atom stereocenters. The molecule has 2 saturated heterocycles. The monoisotopic (exact) mass is 452 g/mol. The Kier molecular flexibility index (Phi) is 11.4. The highest BCUT2D eigenvalue weighted by molar-refractivity contribution is 5.75. The molecule has 0 saturated carbocycles. The van der Waals surface area contributed by atoms with E-state index < -0.39 is 23.9 Å². The molecule has 3 rings (SSSR count). The van der Waals surface area contributed by atoms with E-state index in [-0.39, 0.29) is 25.7 Å². The molecule has 0 radical (unpaired) electrons. The first kappa shape index (κ1) is 27.1. The number of aliphatic carboxylic acids is 4. The van der Waals surface area contributed by atoms with Gasteiger partial charge in [-0.05, 0) is 24.4 Å². The molecule has 1 aromatic rings. The lowest BCUT2D eigenvalue weighted by Crippen LogP contribution is -2.66. The summed E-state index contributed by atoms with van der Waals surface area (Å²) in [5, 5.41) is 35.1. The van der Waals surface area contributed by atoms with Crippen LogP contribution in [0.5, 0.6) is 0 Å². The summed E-state index contributed by atoms with van der Waals surface area (Å²) in [6.45, 7) is 7.15. The first-order valence-corrected chi connectivity index (χ1v) is 10.4. The maximum absolute atomic E-state index is 9.64. The number of benzene rings is 1. The lowest BCUT2D eigenvalue weighted by Gasteiger charge is -2.56. The molecule has 0 bridgehead atoms. The zero-order valence-electron chi connectivity index (χ0n) is 18.2. The summed E-state index contributed by atoms with van der Waals surface area (Å²) < 4.78 is 0. The number of carboxylic acids is 4. The summed E-state index contributed by atoms with van der Waals surface area (Å²) >= 11 is 0. The van der Waals surface area contributed by atoms with Gasteiger partial charge in [-0.15, -0.1) is 0 Å². The topological polar surface area (TPSA) is 164 Å². The van der Waals surface area contributed by atoms with Crippen molar-refractivity contribution in [1.29, 1.82) is 0 Å². The molecular weight excluding hydrogens is 420 g/mol. The van der Waals surface area contributed by atoms with Crippen LogP contribution in [0.2, 0.25) is 0 Å². The van der Waals surface area contributed by atoms with Crippen molar-refractivity contribution in [3.05, 3.63) is 35.9 Å². The van der Waals surface area contributed by atoms with E-state index in [1.54, 1.807) is 0 Å². The minimum atomic E-state index is -1.08. The first-order chi connectivity index (χ1) is 15.1. The van der Waals surface area contributed by atoms with Crippen molar-refractivity contribution < 1.29 is 39.6 Å². The highest BCUT2D eigenvalue weighted by Crippen LogP contribution is 2.41. The van der Waals surface area contributed by atoms with Gasteiger partial charge in [0.2, 0.25) is 0 Å². The van der Waals surface area contributed by atoms with Gasteiger partial charge in [0.05, 0.1) is 25.7 Å². The largest absolute Gasteiger partial charge is 0.481 e. The number of hydrogen-bond acceptors (Lipinski definition) is 6. The number of rotatable bonds is 8. The van der Waals surface area contributed by atoms with Crippen molar-refractivity contribution in [1.82, 2.24) is 10.2 Å². The van der Waals surface area contributed by atoms with Crippen LogP contribution in [0.1, 0.15) is 44.6 Å². The zero-order valence-corrected chi connectivity index (χ0v) is 18.2. The molecule has 10 heteroatoms. The van der Waals surface area contributed by atoms with Crippen LogP contribution in [0, 0.1) is 5.92 Å². The summed E-state index contributed by atoms with van der Waals surface area (Å²) in [6.07, 6.45) is 0.135. The molecule has 2 fully saturated rings. The molecule has 10 nitrogen and oxygen atoms in total. The van der Waals surface area contributed by atoms with E-state index in [0.717, 1.165) is 12.5 Å². The average molecular weight is 453 g/mol. The summed E-state index contributed by atoms with van der Waals surface area (Å²) in [7, 11) is 0. The molecule has 1 spiro atoms. The fourth-order valence-corrected chi connectivity index (χ4v) is 3.72. The van der Waals surface area contributed by atoms with Crippen LogP contribution in [0.3, 0.4) is 0 Å². The van der Waals surface area contributed by atoms with Gasteiger partial charge in [-0.3, -0.25) is 24.1 Å². The Balaban J connectivity index is 0.000000273. The van der Waals surface area contributed by atoms with E-state index in [1.165, 1.54) is 31.6 Å². The second-order valence-corrected chi connectivity index (χ2v) is 7.87. The normalized spacial score (nSPS) is 21.3. The summed E-state index contributed by atoms with van der Waals surface area (Å²) in [4.78, 5) is 41.2. The van der Waals surface area contributed by atoms with E-state index in [9.17, 15) is 19.2 Å². The fraction of sp³-hybridized carbons (Fsp3) is 0.545. The number of nitrogens with one attached hydrogen (secondary N) is 1. The van der Waals surface area contributed by atoms with Gasteiger partial charge in [-0.1, -0.05) is 37.3 Å². The predicted octanol–water partition coefficient (Wildman–Crippen LogP) is 1.74. The van der Waals surface area contributed by atoms with Crippen LogP contribution in [-0.2, 0) is 25.7 Å². The zero-order chi connectivity index (χ0) is 24.1. The molecule has 32 heavy (non-hydrogen) atoms. The minimum absolute atomic E-state index is 0.296. The third-order valence-electron chi connectivity index (χ3n) is 5.53. The fourth-order valence-electron chi connectivity index (χ4n) is 3.72. The lowest BCUT2D eigenvalue weighted by molar-refractivity contribution is -0.143. The Hall–Kier alpha value is -2.98. The third-order valence-corrected chi connectivity index (χ3v) is 5.53. The van der Waals surface area contributed by atoms with Gasteiger partial charge in [-0.2, -0.15) is 0 Å². The minimum Gasteiger partial charge on any atom is -0.481 e. The number of carbonyl (C=O) groups is 4. The molecular formula is C22H32N2O8. The average Bonchev–Trinajstić information content (AvgIpc) is 3.26. The van der Waals surface area contributed by atoms with Crippen LogP contribution in [0.15, 0.2) is 30.3 Å². The molecule has 2 aliphatic rings. The highest BCUT2D eigenvalue weighted by atomic mass is 16.4. The smallest absolute Gasteiger partial charge is 0.303 e. The third kappa shape index (κ3) is 9.44. The number of hydrogen-bond donors (Lipinski definition) is 5. The number of likely N-dealkylation sites (tertiary alicyclic amines) is 1. The molecule has 1 aromatic carbocycles. The molecule has 0 aromatic heterocycles. The van der Waals surface area contributed by atoms with E-state index in [0.29, 0.717) is 5.54 Å². The molecule has 178 valence electrons. The van der Waals surface area contributed by atoms with Gasteiger partial charge in [0.15, 0.2) is 0 Å². The Morgan fingerprint density at radius 3 is 1.72 bits per heavy atom.